The normalized spacial score (nSPS) is 9.38. The van der Waals surface area contributed by atoms with Crippen LogP contribution in [0.2, 0.25) is 0 Å². The lowest BCUT2D eigenvalue weighted by Gasteiger charge is -2.07. The molecule has 0 spiro atoms. The molecule has 0 aliphatic carbocycles. The average Bonchev–Trinajstić information content (AvgIpc) is 2.28. The summed E-state index contributed by atoms with van der Waals surface area (Å²) in [5.41, 5.74) is 1.14. The average molecular weight is 284 g/mol. The van der Waals surface area contributed by atoms with Crippen molar-refractivity contribution in [1.29, 1.82) is 5.26 Å². The Morgan fingerprint density at radius 2 is 2.19 bits per heavy atom. The van der Waals surface area contributed by atoms with E-state index in [0.29, 0.717) is 15.8 Å². The van der Waals surface area contributed by atoms with Crippen LogP contribution in [0.5, 0.6) is 5.75 Å². The van der Waals surface area contributed by atoms with E-state index in [4.69, 9.17) is 10.00 Å². The summed E-state index contributed by atoms with van der Waals surface area (Å²) in [6.45, 7) is 0. The Bertz CT molecular complexity index is 451. The maximum atomic E-state index is 11.1. The van der Waals surface area contributed by atoms with Crippen molar-refractivity contribution in [2.24, 2.45) is 0 Å². The number of rotatable bonds is 3. The minimum atomic E-state index is -0.335. The molecule has 0 aliphatic heterocycles. The van der Waals surface area contributed by atoms with E-state index in [9.17, 15) is 4.79 Å². The van der Waals surface area contributed by atoms with Crippen LogP contribution in [0.4, 0.5) is 0 Å². The number of methoxy groups -OCH3 is 2. The van der Waals surface area contributed by atoms with Crippen LogP contribution in [0.3, 0.4) is 0 Å². The van der Waals surface area contributed by atoms with Crippen LogP contribution in [-0.2, 0) is 16.0 Å². The summed E-state index contributed by atoms with van der Waals surface area (Å²) in [5, 5.41) is 8.90. The molecule has 1 rings (SSSR count). The van der Waals surface area contributed by atoms with E-state index in [-0.39, 0.29) is 12.4 Å². The molecule has 1 aromatic rings. The van der Waals surface area contributed by atoms with Gasteiger partial charge in [0.1, 0.15) is 17.4 Å². The van der Waals surface area contributed by atoms with Gasteiger partial charge in [-0.2, -0.15) is 5.26 Å². The van der Waals surface area contributed by atoms with E-state index >= 15 is 0 Å². The Labute approximate surface area is 102 Å². The van der Waals surface area contributed by atoms with Gasteiger partial charge in [0.15, 0.2) is 0 Å². The van der Waals surface area contributed by atoms with Crippen LogP contribution in [0.25, 0.3) is 0 Å². The molecule has 16 heavy (non-hydrogen) atoms. The number of nitrogens with zero attached hydrogens (tertiary/aromatic N) is 1. The first-order chi connectivity index (χ1) is 7.62. The van der Waals surface area contributed by atoms with Crippen molar-refractivity contribution in [2.45, 2.75) is 6.42 Å². The first kappa shape index (κ1) is 12.5. The largest absolute Gasteiger partial charge is 0.495 e. The van der Waals surface area contributed by atoms with Gasteiger partial charge >= 0.3 is 5.97 Å². The number of carbonyl (C=O) groups is 1. The van der Waals surface area contributed by atoms with Crippen molar-refractivity contribution in [3.05, 3.63) is 27.7 Å². The van der Waals surface area contributed by atoms with Gasteiger partial charge in [0.25, 0.3) is 0 Å². The summed E-state index contributed by atoms with van der Waals surface area (Å²) in [5.74, 6) is 0.106. The van der Waals surface area contributed by atoms with Crippen LogP contribution in [-0.4, -0.2) is 20.2 Å². The molecule has 0 aliphatic rings. The van der Waals surface area contributed by atoms with Gasteiger partial charge < -0.3 is 9.47 Å². The Morgan fingerprint density at radius 1 is 1.50 bits per heavy atom. The molecule has 0 saturated heterocycles. The Balaban J connectivity index is 3.11. The van der Waals surface area contributed by atoms with Crippen molar-refractivity contribution in [2.75, 3.05) is 14.2 Å². The molecule has 0 bridgehead atoms. The molecular weight excluding hydrogens is 274 g/mol. The molecule has 0 unspecified atom stereocenters. The number of hydrogen-bond acceptors (Lipinski definition) is 4. The standard InChI is InChI=1S/C11H10BrNO3/c1-15-10-4-7(5-11(14)16-2)3-9(12)8(10)6-13/h3-4H,5H2,1-2H3. The smallest absolute Gasteiger partial charge is 0.309 e. The molecule has 4 nitrogen and oxygen atoms in total. The van der Waals surface area contributed by atoms with Crippen LogP contribution in [0.15, 0.2) is 16.6 Å². The van der Waals surface area contributed by atoms with Gasteiger partial charge in [-0.3, -0.25) is 4.79 Å². The van der Waals surface area contributed by atoms with E-state index in [1.807, 2.05) is 6.07 Å². The molecule has 0 radical (unpaired) electrons. The van der Waals surface area contributed by atoms with Gasteiger partial charge in [-0.25, -0.2) is 0 Å². The van der Waals surface area contributed by atoms with Crippen LogP contribution in [0, 0.1) is 11.3 Å². The molecule has 1 aromatic carbocycles. The van der Waals surface area contributed by atoms with E-state index in [1.165, 1.54) is 14.2 Å². The molecule has 84 valence electrons. The Hall–Kier alpha value is -1.54. The Kier molecular flexibility index (Phi) is 4.32. The fraction of sp³-hybridized carbons (Fsp3) is 0.273. The minimum Gasteiger partial charge on any atom is -0.495 e. The predicted octanol–water partition coefficient (Wildman–Crippen LogP) is 2.04. The first-order valence-electron chi connectivity index (χ1n) is 4.45. The fourth-order valence-electron chi connectivity index (χ4n) is 1.25. The number of carbonyl (C=O) groups excluding carboxylic acids is 1. The lowest BCUT2D eigenvalue weighted by Crippen LogP contribution is -2.05. The lowest BCUT2D eigenvalue weighted by atomic mass is 10.1. The van der Waals surface area contributed by atoms with E-state index in [0.717, 1.165) is 5.56 Å². The number of esters is 1. The van der Waals surface area contributed by atoms with Crippen molar-refractivity contribution >= 4 is 21.9 Å². The molecule has 0 amide bonds. The summed E-state index contributed by atoms with van der Waals surface area (Å²) in [6.07, 6.45) is 0.150. The highest BCUT2D eigenvalue weighted by Crippen LogP contribution is 2.28. The molecule has 5 heteroatoms. The maximum Gasteiger partial charge on any atom is 0.309 e. The number of benzene rings is 1. The molecule has 0 atom stereocenters. The number of nitriles is 1. The molecule has 0 heterocycles. The van der Waals surface area contributed by atoms with Gasteiger partial charge in [0.05, 0.1) is 20.6 Å². The summed E-state index contributed by atoms with van der Waals surface area (Å²) >= 11 is 3.26. The number of ether oxygens (including phenoxy) is 2. The second kappa shape index (κ2) is 5.52. The topological polar surface area (TPSA) is 59.3 Å². The minimum absolute atomic E-state index is 0.150. The highest BCUT2D eigenvalue weighted by molar-refractivity contribution is 9.10. The molecular formula is C11H10BrNO3. The van der Waals surface area contributed by atoms with E-state index in [2.05, 4.69) is 20.7 Å². The van der Waals surface area contributed by atoms with Crippen molar-refractivity contribution in [1.82, 2.24) is 0 Å². The third kappa shape index (κ3) is 2.74. The monoisotopic (exact) mass is 283 g/mol. The van der Waals surface area contributed by atoms with Gasteiger partial charge in [0.2, 0.25) is 0 Å². The van der Waals surface area contributed by atoms with Crippen LogP contribution < -0.4 is 4.74 Å². The second-order valence-corrected chi connectivity index (χ2v) is 3.87. The molecule has 0 N–H and O–H groups in total. The van der Waals surface area contributed by atoms with Crippen molar-refractivity contribution in [3.8, 4) is 11.8 Å². The fourth-order valence-corrected chi connectivity index (χ4v) is 1.82. The van der Waals surface area contributed by atoms with Crippen LogP contribution >= 0.6 is 15.9 Å². The van der Waals surface area contributed by atoms with Gasteiger partial charge in [-0.1, -0.05) is 0 Å². The van der Waals surface area contributed by atoms with Gasteiger partial charge in [-0.15, -0.1) is 0 Å². The quantitative estimate of drug-likeness (QED) is 0.797. The highest BCUT2D eigenvalue weighted by Gasteiger charge is 2.11. The zero-order valence-corrected chi connectivity index (χ0v) is 10.5. The van der Waals surface area contributed by atoms with Crippen LogP contribution in [0.1, 0.15) is 11.1 Å². The Morgan fingerprint density at radius 3 is 2.69 bits per heavy atom. The summed E-state index contributed by atoms with van der Waals surface area (Å²) in [4.78, 5) is 11.1. The number of hydrogen-bond donors (Lipinski definition) is 0. The highest BCUT2D eigenvalue weighted by atomic mass is 79.9. The molecule has 0 aromatic heterocycles. The third-order valence-corrected chi connectivity index (χ3v) is 2.65. The first-order valence-corrected chi connectivity index (χ1v) is 5.25. The van der Waals surface area contributed by atoms with Gasteiger partial charge in [-0.05, 0) is 33.6 Å². The van der Waals surface area contributed by atoms with E-state index < -0.39 is 0 Å². The van der Waals surface area contributed by atoms with E-state index in [1.54, 1.807) is 12.1 Å². The number of halogens is 1. The maximum absolute atomic E-state index is 11.1. The van der Waals surface area contributed by atoms with Crippen molar-refractivity contribution in [3.63, 3.8) is 0 Å². The SMILES string of the molecule is COC(=O)Cc1cc(Br)c(C#N)c(OC)c1. The zero-order chi connectivity index (χ0) is 12.1. The van der Waals surface area contributed by atoms with Gasteiger partial charge in [0, 0.05) is 4.47 Å². The summed E-state index contributed by atoms with van der Waals surface area (Å²) in [6, 6.07) is 5.38. The lowest BCUT2D eigenvalue weighted by molar-refractivity contribution is -0.139. The second-order valence-electron chi connectivity index (χ2n) is 3.02. The third-order valence-electron chi connectivity index (χ3n) is 2.02. The zero-order valence-electron chi connectivity index (χ0n) is 8.91. The summed E-state index contributed by atoms with van der Waals surface area (Å²) in [7, 11) is 2.81. The summed E-state index contributed by atoms with van der Waals surface area (Å²) < 4.78 is 10.2. The predicted molar refractivity (Wildman–Crippen MR) is 61.1 cm³/mol. The van der Waals surface area contributed by atoms with Crippen molar-refractivity contribution < 1.29 is 14.3 Å². The molecule has 0 saturated carbocycles. The molecule has 0 fully saturated rings.